The van der Waals surface area contributed by atoms with Crippen LogP contribution in [0.1, 0.15) is 29.6 Å². The average molecular weight is 478 g/mol. The molecular weight excluding hydrogens is 449 g/mol. The number of carbonyl (C=O) groups excluding carboxylic acids is 2. The second-order valence-corrected chi connectivity index (χ2v) is 9.55. The summed E-state index contributed by atoms with van der Waals surface area (Å²) in [5.41, 5.74) is 0.684. The molecule has 178 valence electrons. The number of sulfonamides is 1. The maximum Gasteiger partial charge on any atom is 0.261 e. The number of rotatable bonds is 9. The summed E-state index contributed by atoms with van der Waals surface area (Å²) in [4.78, 5) is 26.9. The summed E-state index contributed by atoms with van der Waals surface area (Å²) in [6.07, 6.45) is 2.19. The van der Waals surface area contributed by atoms with Crippen LogP contribution >= 0.6 is 0 Å². The SMILES string of the molecule is COCCCNC(=O)C1CCCN(C(=O)c2ccc(NS(=O)(=O)c3ccc(F)cc3)cc2)C1. The molecule has 2 amide bonds. The summed E-state index contributed by atoms with van der Waals surface area (Å²) in [6.45, 7) is 2.01. The Hall–Kier alpha value is -2.98. The minimum Gasteiger partial charge on any atom is -0.385 e. The van der Waals surface area contributed by atoms with Crippen molar-refractivity contribution in [2.24, 2.45) is 5.92 Å². The molecule has 0 saturated carbocycles. The molecule has 10 heteroatoms. The number of nitrogens with zero attached hydrogens (tertiary/aromatic N) is 1. The van der Waals surface area contributed by atoms with E-state index >= 15 is 0 Å². The Morgan fingerprint density at radius 3 is 2.48 bits per heavy atom. The molecule has 3 rings (SSSR count). The standard InChI is InChI=1S/C23H28FN3O5S/c1-32-15-3-13-25-22(28)18-4-2-14-27(16-18)23(29)17-5-9-20(10-6-17)26-33(30,31)21-11-7-19(24)8-12-21/h5-12,18,26H,2-4,13-16H2,1H3,(H,25,28). The summed E-state index contributed by atoms with van der Waals surface area (Å²) < 4.78 is 45.3. The van der Waals surface area contributed by atoms with E-state index in [2.05, 4.69) is 10.0 Å². The number of piperidine rings is 1. The zero-order valence-electron chi connectivity index (χ0n) is 18.4. The molecule has 1 heterocycles. The maximum atomic E-state index is 13.0. The van der Waals surface area contributed by atoms with E-state index in [4.69, 9.17) is 4.74 Å². The number of methoxy groups -OCH3 is 1. The molecule has 1 atom stereocenters. The molecule has 0 spiro atoms. The molecule has 0 aliphatic carbocycles. The first kappa shape index (κ1) is 24.7. The minimum absolute atomic E-state index is 0.0610. The van der Waals surface area contributed by atoms with E-state index in [9.17, 15) is 22.4 Å². The van der Waals surface area contributed by atoms with Crippen LogP contribution in [0.5, 0.6) is 0 Å². The van der Waals surface area contributed by atoms with Crippen molar-refractivity contribution in [2.75, 3.05) is 38.1 Å². The first-order chi connectivity index (χ1) is 15.8. The predicted molar refractivity (Wildman–Crippen MR) is 122 cm³/mol. The lowest BCUT2D eigenvalue weighted by atomic mass is 9.96. The normalized spacial score (nSPS) is 16.3. The maximum absolute atomic E-state index is 13.0. The number of nitrogens with one attached hydrogen (secondary N) is 2. The van der Waals surface area contributed by atoms with Gasteiger partial charge in [-0.15, -0.1) is 0 Å². The van der Waals surface area contributed by atoms with Gasteiger partial charge in [-0.05, 0) is 67.8 Å². The summed E-state index contributed by atoms with van der Waals surface area (Å²) >= 11 is 0. The van der Waals surface area contributed by atoms with Gasteiger partial charge in [0.2, 0.25) is 5.91 Å². The molecule has 2 N–H and O–H groups in total. The molecule has 8 nitrogen and oxygen atoms in total. The third kappa shape index (κ3) is 6.75. The van der Waals surface area contributed by atoms with Gasteiger partial charge in [-0.1, -0.05) is 0 Å². The molecule has 2 aromatic rings. The van der Waals surface area contributed by atoms with Gasteiger partial charge in [0.15, 0.2) is 0 Å². The molecule has 1 fully saturated rings. The quantitative estimate of drug-likeness (QED) is 0.541. The van der Waals surface area contributed by atoms with Crippen LogP contribution in [0, 0.1) is 11.7 Å². The van der Waals surface area contributed by atoms with Crippen molar-refractivity contribution in [3.05, 3.63) is 59.9 Å². The third-order valence-electron chi connectivity index (χ3n) is 5.41. The first-order valence-corrected chi connectivity index (χ1v) is 12.2. The van der Waals surface area contributed by atoms with Crippen molar-refractivity contribution in [2.45, 2.75) is 24.2 Å². The van der Waals surface area contributed by atoms with Gasteiger partial charge in [-0.2, -0.15) is 0 Å². The van der Waals surface area contributed by atoms with E-state index < -0.39 is 15.8 Å². The predicted octanol–water partition coefficient (Wildman–Crippen LogP) is 2.63. The Morgan fingerprint density at radius 2 is 1.82 bits per heavy atom. The largest absolute Gasteiger partial charge is 0.385 e. The van der Waals surface area contributed by atoms with Crippen LogP contribution in [0.25, 0.3) is 0 Å². The van der Waals surface area contributed by atoms with Crippen molar-refractivity contribution < 1.29 is 27.1 Å². The lowest BCUT2D eigenvalue weighted by Gasteiger charge is -2.32. The van der Waals surface area contributed by atoms with Crippen LogP contribution in [0.2, 0.25) is 0 Å². The van der Waals surface area contributed by atoms with Crippen molar-refractivity contribution in [3.8, 4) is 0 Å². The fraction of sp³-hybridized carbons (Fsp3) is 0.391. The topological polar surface area (TPSA) is 105 Å². The van der Waals surface area contributed by atoms with Gasteiger partial charge in [0.1, 0.15) is 5.82 Å². The highest BCUT2D eigenvalue weighted by molar-refractivity contribution is 7.92. The van der Waals surface area contributed by atoms with Crippen molar-refractivity contribution in [1.82, 2.24) is 10.2 Å². The summed E-state index contributed by atoms with van der Waals surface area (Å²) in [5.74, 6) is -1.05. The Balaban J connectivity index is 1.59. The Labute approximate surface area is 193 Å². The highest BCUT2D eigenvalue weighted by Crippen LogP contribution is 2.21. The minimum atomic E-state index is -3.88. The van der Waals surface area contributed by atoms with Gasteiger partial charge in [0, 0.05) is 44.6 Å². The van der Waals surface area contributed by atoms with Gasteiger partial charge >= 0.3 is 0 Å². The van der Waals surface area contributed by atoms with Gasteiger partial charge in [-0.3, -0.25) is 14.3 Å². The van der Waals surface area contributed by atoms with E-state index in [0.717, 1.165) is 31.4 Å². The summed E-state index contributed by atoms with van der Waals surface area (Å²) in [6, 6.07) is 10.6. The Bertz CT molecular complexity index is 1060. The highest BCUT2D eigenvalue weighted by Gasteiger charge is 2.28. The van der Waals surface area contributed by atoms with Crippen molar-refractivity contribution in [1.29, 1.82) is 0 Å². The monoisotopic (exact) mass is 477 g/mol. The Kier molecular flexibility index (Phi) is 8.40. The van der Waals surface area contributed by atoms with Gasteiger partial charge in [0.05, 0.1) is 10.8 Å². The molecule has 1 aliphatic heterocycles. The second kappa shape index (κ2) is 11.2. The number of ether oxygens (including phenoxy) is 1. The van der Waals surface area contributed by atoms with Crippen LogP contribution in [0.15, 0.2) is 53.4 Å². The van der Waals surface area contributed by atoms with Crippen LogP contribution in [0.3, 0.4) is 0 Å². The molecule has 1 aliphatic rings. The second-order valence-electron chi connectivity index (χ2n) is 7.86. The van der Waals surface area contributed by atoms with Crippen LogP contribution in [-0.2, 0) is 19.6 Å². The smallest absolute Gasteiger partial charge is 0.261 e. The number of hydrogen-bond donors (Lipinski definition) is 2. The fourth-order valence-corrected chi connectivity index (χ4v) is 4.70. The van der Waals surface area contributed by atoms with E-state index in [0.29, 0.717) is 31.8 Å². The van der Waals surface area contributed by atoms with Crippen LogP contribution < -0.4 is 10.0 Å². The van der Waals surface area contributed by atoms with Gasteiger partial charge in [0.25, 0.3) is 15.9 Å². The molecule has 0 bridgehead atoms. The first-order valence-electron chi connectivity index (χ1n) is 10.7. The van der Waals surface area contributed by atoms with Gasteiger partial charge < -0.3 is 15.0 Å². The van der Waals surface area contributed by atoms with E-state index in [1.165, 1.54) is 24.3 Å². The number of likely N-dealkylation sites (tertiary alicyclic amines) is 1. The van der Waals surface area contributed by atoms with Gasteiger partial charge in [-0.25, -0.2) is 12.8 Å². The van der Waals surface area contributed by atoms with E-state index in [1.54, 1.807) is 24.1 Å². The molecule has 1 unspecified atom stereocenters. The van der Waals surface area contributed by atoms with E-state index in [1.807, 2.05) is 0 Å². The molecule has 0 radical (unpaired) electrons. The number of anilines is 1. The molecular formula is C23H28FN3O5S. The number of carbonyl (C=O) groups is 2. The van der Waals surface area contributed by atoms with Crippen LogP contribution in [0.4, 0.5) is 10.1 Å². The van der Waals surface area contributed by atoms with Crippen molar-refractivity contribution in [3.63, 3.8) is 0 Å². The highest BCUT2D eigenvalue weighted by atomic mass is 32.2. The molecule has 0 aromatic heterocycles. The third-order valence-corrected chi connectivity index (χ3v) is 6.81. The zero-order chi connectivity index (χ0) is 23.8. The summed E-state index contributed by atoms with van der Waals surface area (Å²) in [7, 11) is -2.27. The summed E-state index contributed by atoms with van der Waals surface area (Å²) in [5, 5.41) is 2.89. The number of hydrogen-bond acceptors (Lipinski definition) is 5. The van der Waals surface area contributed by atoms with Crippen LogP contribution in [-0.4, -0.2) is 58.5 Å². The zero-order valence-corrected chi connectivity index (χ0v) is 19.2. The molecule has 2 aromatic carbocycles. The van der Waals surface area contributed by atoms with E-state index in [-0.39, 0.29) is 28.3 Å². The fourth-order valence-electron chi connectivity index (χ4n) is 3.64. The lowest BCUT2D eigenvalue weighted by Crippen LogP contribution is -2.45. The number of halogens is 1. The average Bonchev–Trinajstić information content (AvgIpc) is 2.82. The number of amides is 2. The number of benzene rings is 2. The lowest BCUT2D eigenvalue weighted by molar-refractivity contribution is -0.126. The van der Waals surface area contributed by atoms with Crippen molar-refractivity contribution >= 4 is 27.5 Å². The molecule has 1 saturated heterocycles. The molecule has 33 heavy (non-hydrogen) atoms. The Morgan fingerprint density at radius 1 is 1.12 bits per heavy atom.